The van der Waals surface area contributed by atoms with Crippen molar-refractivity contribution in [1.29, 1.82) is 0 Å². The number of nitrogens with zero attached hydrogens (tertiary/aromatic N) is 2. The van der Waals surface area contributed by atoms with Crippen molar-refractivity contribution in [2.45, 2.75) is 52.5 Å². The average molecular weight is 372 g/mol. The largest absolute Gasteiger partial charge is 0.326 e. The van der Waals surface area contributed by atoms with Crippen LogP contribution in [0.1, 0.15) is 61.8 Å². The monoisotopic (exact) mass is 371 g/mol. The van der Waals surface area contributed by atoms with Gasteiger partial charge in [0.2, 0.25) is 5.91 Å². The maximum absolute atomic E-state index is 11.9. The third kappa shape index (κ3) is 4.51. The molecule has 2 aromatic rings. The van der Waals surface area contributed by atoms with Gasteiger partial charge >= 0.3 is 0 Å². The number of aryl methyl sites for hydroxylation is 1. The fourth-order valence-electron chi connectivity index (χ4n) is 3.54. The highest BCUT2D eigenvalue weighted by molar-refractivity contribution is 7.09. The van der Waals surface area contributed by atoms with Crippen LogP contribution in [0.2, 0.25) is 0 Å². The summed E-state index contributed by atoms with van der Waals surface area (Å²) in [6.45, 7) is 10.3. The lowest BCUT2D eigenvalue weighted by Crippen LogP contribution is -2.35. The Morgan fingerprint density at radius 1 is 1.27 bits per heavy atom. The van der Waals surface area contributed by atoms with Crippen LogP contribution in [0.4, 0.5) is 5.69 Å². The van der Waals surface area contributed by atoms with Gasteiger partial charge in [-0.1, -0.05) is 26.0 Å². The molecular weight excluding hydrogens is 342 g/mol. The number of aromatic nitrogens is 1. The van der Waals surface area contributed by atoms with Crippen molar-refractivity contribution < 1.29 is 4.79 Å². The molecule has 1 fully saturated rings. The summed E-state index contributed by atoms with van der Waals surface area (Å²) in [4.78, 5) is 19.1. The van der Waals surface area contributed by atoms with Gasteiger partial charge in [-0.05, 0) is 63.4 Å². The summed E-state index contributed by atoms with van der Waals surface area (Å²) >= 11 is 1.73. The Kier molecular flexibility index (Phi) is 6.09. The van der Waals surface area contributed by atoms with Crippen LogP contribution in [0.15, 0.2) is 29.6 Å². The summed E-state index contributed by atoms with van der Waals surface area (Å²) in [6, 6.07) is 8.76. The van der Waals surface area contributed by atoms with Crippen molar-refractivity contribution >= 4 is 22.9 Å². The number of benzene rings is 1. The number of nitrogens with one attached hydrogen (secondary N) is 1. The molecule has 4 nitrogen and oxygen atoms in total. The van der Waals surface area contributed by atoms with Crippen molar-refractivity contribution in [3.8, 4) is 0 Å². The minimum absolute atomic E-state index is 0.00210. The number of anilines is 1. The Morgan fingerprint density at radius 2 is 2.00 bits per heavy atom. The van der Waals surface area contributed by atoms with Crippen LogP contribution in [-0.2, 0) is 4.79 Å². The molecule has 1 N–H and O–H groups in total. The van der Waals surface area contributed by atoms with Crippen molar-refractivity contribution in [3.63, 3.8) is 0 Å². The Balaban J connectivity index is 1.60. The van der Waals surface area contributed by atoms with Crippen LogP contribution in [0.3, 0.4) is 0 Å². The highest BCUT2D eigenvalue weighted by atomic mass is 32.1. The lowest BCUT2D eigenvalue weighted by Gasteiger charge is -2.35. The minimum atomic E-state index is -0.00210. The predicted molar refractivity (Wildman–Crippen MR) is 109 cm³/mol. The van der Waals surface area contributed by atoms with Crippen LogP contribution in [0.25, 0.3) is 0 Å². The van der Waals surface area contributed by atoms with E-state index in [1.54, 1.807) is 11.3 Å². The molecule has 0 bridgehead atoms. The number of amides is 1. The van der Waals surface area contributed by atoms with Crippen LogP contribution in [-0.4, -0.2) is 28.9 Å². The summed E-state index contributed by atoms with van der Waals surface area (Å²) in [5, 5.41) is 6.34. The van der Waals surface area contributed by atoms with Gasteiger partial charge in [-0.3, -0.25) is 9.69 Å². The zero-order chi connectivity index (χ0) is 18.7. The molecule has 0 spiro atoms. The molecule has 1 aliphatic rings. The topological polar surface area (TPSA) is 45.2 Å². The van der Waals surface area contributed by atoms with Crippen molar-refractivity contribution in [3.05, 3.63) is 45.9 Å². The van der Waals surface area contributed by atoms with Crippen LogP contribution in [0.5, 0.6) is 0 Å². The van der Waals surface area contributed by atoms with Crippen LogP contribution >= 0.6 is 11.3 Å². The molecule has 1 amide bonds. The molecule has 0 saturated carbocycles. The molecule has 0 aliphatic carbocycles. The van der Waals surface area contributed by atoms with Gasteiger partial charge in [-0.25, -0.2) is 4.98 Å². The first-order valence-corrected chi connectivity index (χ1v) is 10.4. The zero-order valence-corrected chi connectivity index (χ0v) is 17.0. The smallest absolute Gasteiger partial charge is 0.226 e. The normalized spacial score (nSPS) is 17.4. The molecule has 0 radical (unpaired) electrons. The molecule has 2 heterocycles. The van der Waals surface area contributed by atoms with E-state index in [-0.39, 0.29) is 11.8 Å². The summed E-state index contributed by atoms with van der Waals surface area (Å²) in [5.41, 5.74) is 3.45. The van der Waals surface area contributed by atoms with Gasteiger partial charge < -0.3 is 5.32 Å². The van der Waals surface area contributed by atoms with E-state index in [1.807, 2.05) is 19.9 Å². The summed E-state index contributed by atoms with van der Waals surface area (Å²) in [6.07, 6.45) is 2.30. The van der Waals surface area contributed by atoms with E-state index < -0.39 is 0 Å². The first-order valence-electron chi connectivity index (χ1n) is 9.51. The summed E-state index contributed by atoms with van der Waals surface area (Å²) < 4.78 is 0. The van der Waals surface area contributed by atoms with Gasteiger partial charge in [0.25, 0.3) is 0 Å². The van der Waals surface area contributed by atoms with Crippen molar-refractivity contribution in [2.24, 2.45) is 5.92 Å². The van der Waals surface area contributed by atoms with E-state index in [0.29, 0.717) is 12.0 Å². The second-order valence-electron chi connectivity index (χ2n) is 7.55. The third-order valence-corrected chi connectivity index (χ3v) is 6.08. The fourth-order valence-corrected chi connectivity index (χ4v) is 4.24. The Labute approximate surface area is 160 Å². The first-order chi connectivity index (χ1) is 12.4. The van der Waals surface area contributed by atoms with E-state index in [4.69, 9.17) is 0 Å². The number of rotatable bonds is 5. The predicted octanol–water partition coefficient (Wildman–Crippen LogP) is 4.99. The second kappa shape index (κ2) is 8.31. The highest BCUT2D eigenvalue weighted by Gasteiger charge is 2.25. The van der Waals surface area contributed by atoms with E-state index >= 15 is 0 Å². The number of hydrogen-bond acceptors (Lipinski definition) is 4. The van der Waals surface area contributed by atoms with Crippen LogP contribution < -0.4 is 5.32 Å². The number of piperidine rings is 1. The number of thiazole rings is 1. The summed E-state index contributed by atoms with van der Waals surface area (Å²) in [7, 11) is 0. The average Bonchev–Trinajstić information content (AvgIpc) is 3.08. The Morgan fingerprint density at radius 3 is 2.62 bits per heavy atom. The highest BCUT2D eigenvalue weighted by Crippen LogP contribution is 2.33. The fraction of sp³-hybridized carbons (Fsp3) is 0.524. The van der Waals surface area contributed by atoms with Crippen molar-refractivity contribution in [1.82, 2.24) is 9.88 Å². The third-order valence-electron chi connectivity index (χ3n) is 5.29. The van der Waals surface area contributed by atoms with Gasteiger partial charge in [-0.15, -0.1) is 11.3 Å². The number of hydrogen-bond donors (Lipinski definition) is 1. The standard InChI is InChI=1S/C21H29N3OS/c1-14(2)21(25)23-19-7-5-6-18(12-19)17-8-10-24(11-9-17)15(3)20-13-26-16(4)22-20/h5-7,12-15,17H,8-11H2,1-4H3,(H,23,25). The zero-order valence-electron chi connectivity index (χ0n) is 16.2. The van der Waals surface area contributed by atoms with Gasteiger partial charge in [0, 0.05) is 17.0 Å². The quantitative estimate of drug-likeness (QED) is 0.805. The van der Waals surface area contributed by atoms with Crippen LogP contribution in [0, 0.1) is 12.8 Å². The summed E-state index contributed by atoms with van der Waals surface area (Å²) in [5.74, 6) is 0.633. The molecule has 1 aliphatic heterocycles. The maximum atomic E-state index is 11.9. The first kappa shape index (κ1) is 19.1. The maximum Gasteiger partial charge on any atom is 0.226 e. The number of carbonyl (C=O) groups excluding carboxylic acids is 1. The van der Waals surface area contributed by atoms with E-state index in [1.165, 1.54) is 11.3 Å². The molecule has 1 saturated heterocycles. The lowest BCUT2D eigenvalue weighted by molar-refractivity contribution is -0.118. The molecule has 3 rings (SSSR count). The number of carbonyl (C=O) groups is 1. The molecular formula is C21H29N3OS. The molecule has 1 aromatic carbocycles. The molecule has 1 unspecified atom stereocenters. The number of likely N-dealkylation sites (tertiary alicyclic amines) is 1. The van der Waals surface area contributed by atoms with Gasteiger partial charge in [-0.2, -0.15) is 0 Å². The SMILES string of the molecule is Cc1nc(C(C)N2CCC(c3cccc(NC(=O)C(C)C)c3)CC2)cs1. The Hall–Kier alpha value is -1.72. The van der Waals surface area contributed by atoms with Gasteiger partial charge in [0.1, 0.15) is 0 Å². The molecule has 1 aromatic heterocycles. The molecule has 140 valence electrons. The lowest BCUT2D eigenvalue weighted by atomic mass is 9.88. The molecule has 26 heavy (non-hydrogen) atoms. The van der Waals surface area contributed by atoms with E-state index in [2.05, 4.69) is 52.6 Å². The van der Waals surface area contributed by atoms with E-state index in [0.717, 1.165) is 36.6 Å². The molecule has 5 heteroatoms. The Bertz CT molecular complexity index is 747. The van der Waals surface area contributed by atoms with E-state index in [9.17, 15) is 4.79 Å². The minimum Gasteiger partial charge on any atom is -0.326 e. The van der Waals surface area contributed by atoms with Crippen molar-refractivity contribution in [2.75, 3.05) is 18.4 Å². The second-order valence-corrected chi connectivity index (χ2v) is 8.61. The van der Waals surface area contributed by atoms with Gasteiger partial charge in [0.05, 0.1) is 16.7 Å². The molecule has 1 atom stereocenters. The van der Waals surface area contributed by atoms with Gasteiger partial charge in [0.15, 0.2) is 0 Å².